The molecule has 0 aromatic heterocycles. The third-order valence-corrected chi connectivity index (χ3v) is 6.44. The van der Waals surface area contributed by atoms with E-state index in [9.17, 15) is 36.9 Å². The average molecular weight is 673 g/mol. The Balaban J connectivity index is 1.64. The van der Waals surface area contributed by atoms with E-state index in [-0.39, 0.29) is 35.2 Å². The number of amides is 1. The van der Waals surface area contributed by atoms with Crippen LogP contribution < -0.4 is 14.5 Å². The number of rotatable bonds is 8. The van der Waals surface area contributed by atoms with Gasteiger partial charge in [0.05, 0.1) is 26.4 Å². The lowest BCUT2D eigenvalue weighted by molar-refractivity contribution is -0.384. The SMILES string of the molecule is CCOc1cc(/C=C2\C(=O)N(c3c(F)c(F)c(F)c(F)c3F)N=C2C)cc(I)c1OCc1ccc([N+](=O)[O-])cc1. The molecule has 3 aromatic rings. The fourth-order valence-electron chi connectivity index (χ4n) is 3.73. The molecule has 0 saturated carbocycles. The Morgan fingerprint density at radius 2 is 1.60 bits per heavy atom. The molecule has 1 heterocycles. The molecule has 0 aliphatic carbocycles. The van der Waals surface area contributed by atoms with Crippen LogP contribution in [0.15, 0.2) is 47.1 Å². The van der Waals surface area contributed by atoms with Gasteiger partial charge in [-0.1, -0.05) is 0 Å². The van der Waals surface area contributed by atoms with Crippen molar-refractivity contribution in [1.29, 1.82) is 0 Å². The number of ether oxygens (including phenoxy) is 2. The highest BCUT2D eigenvalue weighted by atomic mass is 127. The van der Waals surface area contributed by atoms with Gasteiger partial charge in [-0.15, -0.1) is 0 Å². The molecule has 0 fully saturated rings. The normalized spacial score (nSPS) is 14.1. The number of anilines is 1. The number of carbonyl (C=O) groups excluding carboxylic acids is 1. The van der Waals surface area contributed by atoms with Crippen molar-refractivity contribution in [2.45, 2.75) is 20.5 Å². The molecule has 0 bridgehead atoms. The highest BCUT2D eigenvalue weighted by Crippen LogP contribution is 2.37. The number of hydrogen-bond donors (Lipinski definition) is 0. The fraction of sp³-hybridized carbons (Fsp3) is 0.154. The van der Waals surface area contributed by atoms with Crippen molar-refractivity contribution in [3.05, 3.63) is 95.9 Å². The minimum atomic E-state index is -2.35. The first-order valence-corrected chi connectivity index (χ1v) is 12.5. The molecule has 208 valence electrons. The smallest absolute Gasteiger partial charge is 0.280 e. The van der Waals surface area contributed by atoms with Crippen LogP contribution in [0.25, 0.3) is 6.08 Å². The lowest BCUT2D eigenvalue weighted by atomic mass is 10.1. The first-order valence-electron chi connectivity index (χ1n) is 11.4. The molecule has 0 spiro atoms. The topological polar surface area (TPSA) is 94.3 Å². The van der Waals surface area contributed by atoms with E-state index < -0.39 is 45.6 Å². The predicted octanol–water partition coefficient (Wildman–Crippen LogP) is 6.68. The summed E-state index contributed by atoms with van der Waals surface area (Å²) in [5.41, 5.74) is -0.671. The molecule has 1 aliphatic heterocycles. The molecule has 8 nitrogen and oxygen atoms in total. The van der Waals surface area contributed by atoms with E-state index in [1.54, 1.807) is 25.1 Å². The van der Waals surface area contributed by atoms with Gasteiger partial charge in [0.25, 0.3) is 11.6 Å². The first kappa shape index (κ1) is 28.9. The highest BCUT2D eigenvalue weighted by Gasteiger charge is 2.37. The number of halogens is 6. The zero-order chi connectivity index (χ0) is 29.3. The van der Waals surface area contributed by atoms with Crippen LogP contribution in [0.5, 0.6) is 11.5 Å². The van der Waals surface area contributed by atoms with Gasteiger partial charge in [0.1, 0.15) is 12.3 Å². The van der Waals surface area contributed by atoms with E-state index in [0.717, 1.165) is 0 Å². The average Bonchev–Trinajstić information content (AvgIpc) is 3.19. The molecule has 3 aromatic carbocycles. The van der Waals surface area contributed by atoms with Crippen molar-refractivity contribution in [2.75, 3.05) is 11.6 Å². The van der Waals surface area contributed by atoms with E-state index in [1.165, 1.54) is 31.2 Å². The van der Waals surface area contributed by atoms with E-state index in [2.05, 4.69) is 5.10 Å². The van der Waals surface area contributed by atoms with Gasteiger partial charge in [-0.25, -0.2) is 22.0 Å². The van der Waals surface area contributed by atoms with E-state index >= 15 is 0 Å². The molecule has 0 saturated heterocycles. The number of carbonyl (C=O) groups is 1. The number of nitro benzene ring substituents is 1. The van der Waals surface area contributed by atoms with Crippen molar-refractivity contribution >= 4 is 51.7 Å². The maximum atomic E-state index is 14.3. The minimum absolute atomic E-state index is 0.0274. The van der Waals surface area contributed by atoms with Crippen LogP contribution in [0.2, 0.25) is 0 Å². The van der Waals surface area contributed by atoms with Gasteiger partial charge in [0, 0.05) is 12.1 Å². The molecular formula is C26H17F5IN3O5. The molecule has 0 unspecified atom stereocenters. The molecule has 1 amide bonds. The van der Waals surface area contributed by atoms with E-state index in [4.69, 9.17) is 9.47 Å². The van der Waals surface area contributed by atoms with Crippen LogP contribution in [0.1, 0.15) is 25.0 Å². The Morgan fingerprint density at radius 3 is 2.17 bits per heavy atom. The summed E-state index contributed by atoms with van der Waals surface area (Å²) in [7, 11) is 0. The zero-order valence-corrected chi connectivity index (χ0v) is 22.8. The second-order valence-corrected chi connectivity index (χ2v) is 9.42. The Bertz CT molecular complexity index is 1570. The summed E-state index contributed by atoms with van der Waals surface area (Å²) in [6.45, 7) is 3.39. The molecular weight excluding hydrogens is 656 g/mol. The predicted molar refractivity (Wildman–Crippen MR) is 143 cm³/mol. The molecule has 1 aliphatic rings. The second kappa shape index (κ2) is 11.6. The first-order chi connectivity index (χ1) is 18.9. The van der Waals surface area contributed by atoms with Gasteiger partial charge in [-0.3, -0.25) is 14.9 Å². The van der Waals surface area contributed by atoms with Crippen LogP contribution in [-0.2, 0) is 11.4 Å². The van der Waals surface area contributed by atoms with Crippen molar-refractivity contribution < 1.29 is 41.1 Å². The summed E-state index contributed by atoms with van der Waals surface area (Å²) >= 11 is 1.97. The fourth-order valence-corrected chi connectivity index (χ4v) is 4.51. The number of nitro groups is 1. The third kappa shape index (κ3) is 5.48. The van der Waals surface area contributed by atoms with Crippen LogP contribution in [0, 0.1) is 42.8 Å². The number of hydrogen-bond acceptors (Lipinski definition) is 6. The quantitative estimate of drug-likeness (QED) is 0.0506. The van der Waals surface area contributed by atoms with Crippen LogP contribution in [-0.4, -0.2) is 23.1 Å². The standard InChI is InChI=1S/C26H17F5IN3O5/c1-3-39-18-10-14(9-17(32)25(18)40-11-13-4-6-15(7-5-13)35(37)38)8-16-12(2)33-34(26(16)36)24-22(30)20(28)19(27)21(29)23(24)31/h4-10H,3,11H2,1-2H3/b16-8-. The largest absolute Gasteiger partial charge is 0.490 e. The van der Waals surface area contributed by atoms with Crippen LogP contribution in [0.4, 0.5) is 33.3 Å². The summed E-state index contributed by atoms with van der Waals surface area (Å²) in [4.78, 5) is 23.3. The van der Waals surface area contributed by atoms with Crippen molar-refractivity contribution in [3.63, 3.8) is 0 Å². The third-order valence-electron chi connectivity index (χ3n) is 5.63. The van der Waals surface area contributed by atoms with Gasteiger partial charge in [0.2, 0.25) is 5.82 Å². The summed E-state index contributed by atoms with van der Waals surface area (Å²) < 4.78 is 81.7. The molecule has 0 N–H and O–H groups in total. The summed E-state index contributed by atoms with van der Waals surface area (Å²) in [5, 5.41) is 14.7. The number of nitrogens with zero attached hydrogens (tertiary/aromatic N) is 3. The number of hydrazone groups is 1. The van der Waals surface area contributed by atoms with Gasteiger partial charge >= 0.3 is 0 Å². The van der Waals surface area contributed by atoms with Crippen molar-refractivity contribution in [1.82, 2.24) is 0 Å². The Kier molecular flexibility index (Phi) is 8.37. The van der Waals surface area contributed by atoms with E-state index in [0.29, 0.717) is 26.2 Å². The number of non-ortho nitro benzene ring substituents is 1. The maximum Gasteiger partial charge on any atom is 0.280 e. The van der Waals surface area contributed by atoms with E-state index in [1.807, 2.05) is 22.6 Å². The zero-order valence-electron chi connectivity index (χ0n) is 20.6. The lowest BCUT2D eigenvalue weighted by Gasteiger charge is -2.16. The van der Waals surface area contributed by atoms with Gasteiger partial charge in [-0.05, 0) is 77.9 Å². The molecule has 14 heteroatoms. The minimum Gasteiger partial charge on any atom is -0.490 e. The number of benzene rings is 3. The summed E-state index contributed by atoms with van der Waals surface area (Å²) in [6.07, 6.45) is 1.33. The Morgan fingerprint density at radius 1 is 1.00 bits per heavy atom. The van der Waals surface area contributed by atoms with Crippen molar-refractivity contribution in [2.24, 2.45) is 5.10 Å². The van der Waals surface area contributed by atoms with Crippen molar-refractivity contribution in [3.8, 4) is 11.5 Å². The second-order valence-electron chi connectivity index (χ2n) is 8.25. The summed E-state index contributed by atoms with van der Waals surface area (Å²) in [5.74, 6) is -11.6. The lowest BCUT2D eigenvalue weighted by Crippen LogP contribution is -2.25. The molecule has 40 heavy (non-hydrogen) atoms. The highest BCUT2D eigenvalue weighted by molar-refractivity contribution is 14.1. The Hall–Kier alpha value is -4.08. The van der Waals surface area contributed by atoms with Crippen LogP contribution >= 0.6 is 22.6 Å². The summed E-state index contributed by atoms with van der Waals surface area (Å²) in [6, 6.07) is 8.94. The molecule has 0 radical (unpaired) electrons. The van der Waals surface area contributed by atoms with Gasteiger partial charge in [-0.2, -0.15) is 10.1 Å². The maximum absolute atomic E-state index is 14.3. The Labute approximate surface area is 237 Å². The van der Waals surface area contributed by atoms with Crippen LogP contribution in [0.3, 0.4) is 0 Å². The molecule has 4 rings (SSSR count). The van der Waals surface area contributed by atoms with Gasteiger partial charge in [0.15, 0.2) is 34.8 Å². The molecule has 0 atom stereocenters. The monoisotopic (exact) mass is 673 g/mol. The van der Waals surface area contributed by atoms with Gasteiger partial charge < -0.3 is 9.47 Å².